The van der Waals surface area contributed by atoms with Gasteiger partial charge in [-0.3, -0.25) is 9.59 Å². The van der Waals surface area contributed by atoms with Gasteiger partial charge in [0, 0.05) is 0 Å². The Hall–Kier alpha value is -2.61. The van der Waals surface area contributed by atoms with Crippen LogP contribution in [0.25, 0.3) is 0 Å². The van der Waals surface area contributed by atoms with E-state index < -0.39 is 17.7 Å². The lowest BCUT2D eigenvalue weighted by Crippen LogP contribution is -2.31. The van der Waals surface area contributed by atoms with Crippen LogP contribution in [0.2, 0.25) is 0 Å². The Kier molecular flexibility index (Phi) is 4.28. The number of nitrogens with zero attached hydrogens (tertiary/aromatic N) is 2. The van der Waals surface area contributed by atoms with E-state index in [-0.39, 0.29) is 23.3 Å². The van der Waals surface area contributed by atoms with E-state index in [2.05, 4.69) is 20.8 Å². The fourth-order valence-electron chi connectivity index (χ4n) is 2.76. The lowest BCUT2D eigenvalue weighted by molar-refractivity contribution is -0.128. The van der Waals surface area contributed by atoms with Gasteiger partial charge in [-0.25, -0.2) is 0 Å². The number of hydrogen-bond donors (Lipinski definition) is 1. The molecule has 0 bridgehead atoms. The van der Waals surface area contributed by atoms with Crippen LogP contribution in [0, 0.1) is 11.3 Å². The number of aliphatic hydroxyl groups is 1. The summed E-state index contributed by atoms with van der Waals surface area (Å²) in [7, 11) is 0. The predicted molar refractivity (Wildman–Crippen MR) is 85.5 cm³/mol. The van der Waals surface area contributed by atoms with E-state index in [1.165, 1.54) is 11.8 Å². The molecule has 0 aromatic heterocycles. The predicted octanol–water partition coefficient (Wildman–Crippen LogP) is 2.79. The van der Waals surface area contributed by atoms with Gasteiger partial charge in [-0.2, -0.15) is 5.26 Å². The molecule has 5 nitrogen and oxygen atoms in total. The summed E-state index contributed by atoms with van der Waals surface area (Å²) in [6, 6.07) is 8.76. The molecule has 1 aliphatic rings. The number of hydrogen-bond acceptors (Lipinski definition) is 4. The van der Waals surface area contributed by atoms with Crippen LogP contribution < -0.4 is 0 Å². The van der Waals surface area contributed by atoms with Crippen LogP contribution in [0.15, 0.2) is 35.6 Å². The Balaban J connectivity index is 2.51. The number of nitriles is 1. The maximum atomic E-state index is 12.1. The lowest BCUT2D eigenvalue weighted by atomic mass is 9.85. The SMILES string of the molecule is CC(=O)C1=C(O)C(=O)N(CC#N)C1c1ccc(C(C)(C)C)cc1. The van der Waals surface area contributed by atoms with Gasteiger partial charge in [-0.15, -0.1) is 0 Å². The lowest BCUT2D eigenvalue weighted by Gasteiger charge is -2.25. The van der Waals surface area contributed by atoms with Crippen molar-refractivity contribution in [2.24, 2.45) is 0 Å². The molecule has 5 heteroatoms. The number of ketones is 1. The second-order valence-electron chi connectivity index (χ2n) is 6.68. The average Bonchev–Trinajstić information content (AvgIpc) is 2.72. The van der Waals surface area contributed by atoms with Crippen LogP contribution in [0.5, 0.6) is 0 Å². The van der Waals surface area contributed by atoms with Crippen LogP contribution in [0.1, 0.15) is 44.9 Å². The fraction of sp³-hybridized carbons (Fsp3) is 0.389. The number of rotatable bonds is 3. The number of aliphatic hydroxyl groups excluding tert-OH is 1. The zero-order valence-corrected chi connectivity index (χ0v) is 13.8. The standard InChI is InChI=1S/C18H20N2O3/c1-11(21)14-15(20(10-9-19)17(23)16(14)22)12-5-7-13(8-6-12)18(2,3)4/h5-8,15,22H,10H2,1-4H3. The number of carbonyl (C=O) groups excluding carboxylic acids is 2. The van der Waals surface area contributed by atoms with Crippen LogP contribution in [-0.2, 0) is 15.0 Å². The van der Waals surface area contributed by atoms with Gasteiger partial charge in [0.15, 0.2) is 11.5 Å². The summed E-state index contributed by atoms with van der Waals surface area (Å²) in [5.74, 6) is -1.61. The van der Waals surface area contributed by atoms with Crippen molar-refractivity contribution in [1.29, 1.82) is 5.26 Å². The molecule has 0 fully saturated rings. The zero-order valence-electron chi connectivity index (χ0n) is 13.8. The van der Waals surface area contributed by atoms with Crippen molar-refractivity contribution in [3.63, 3.8) is 0 Å². The Labute approximate surface area is 135 Å². The highest BCUT2D eigenvalue weighted by molar-refractivity contribution is 6.08. The summed E-state index contributed by atoms with van der Waals surface area (Å²) in [6.07, 6.45) is 0. The molecule has 0 spiro atoms. The number of carbonyl (C=O) groups is 2. The molecule has 2 rings (SSSR count). The van der Waals surface area contributed by atoms with Crippen molar-refractivity contribution in [2.45, 2.75) is 39.2 Å². The van der Waals surface area contributed by atoms with Crippen molar-refractivity contribution in [3.8, 4) is 6.07 Å². The van der Waals surface area contributed by atoms with Gasteiger partial charge in [0.2, 0.25) is 0 Å². The third-order valence-electron chi connectivity index (χ3n) is 4.02. The molecule has 1 aromatic carbocycles. The van der Waals surface area contributed by atoms with Crippen LogP contribution >= 0.6 is 0 Å². The van der Waals surface area contributed by atoms with Crippen LogP contribution in [0.4, 0.5) is 0 Å². The molecule has 120 valence electrons. The highest BCUT2D eigenvalue weighted by Crippen LogP contribution is 2.38. The maximum Gasteiger partial charge on any atom is 0.290 e. The van der Waals surface area contributed by atoms with Gasteiger partial charge in [0.25, 0.3) is 5.91 Å². The van der Waals surface area contributed by atoms with Crippen molar-refractivity contribution < 1.29 is 14.7 Å². The Bertz CT molecular complexity index is 718. The molecular weight excluding hydrogens is 292 g/mol. The zero-order chi connectivity index (χ0) is 17.4. The molecule has 1 aliphatic heterocycles. The van der Waals surface area contributed by atoms with Crippen LogP contribution in [-0.4, -0.2) is 28.2 Å². The van der Waals surface area contributed by atoms with Crippen molar-refractivity contribution >= 4 is 11.7 Å². The van der Waals surface area contributed by atoms with Gasteiger partial charge < -0.3 is 10.0 Å². The van der Waals surface area contributed by atoms with Crippen molar-refractivity contribution in [2.75, 3.05) is 6.54 Å². The van der Waals surface area contributed by atoms with Gasteiger partial charge in [0.05, 0.1) is 17.7 Å². The van der Waals surface area contributed by atoms with E-state index in [1.54, 1.807) is 0 Å². The van der Waals surface area contributed by atoms with Gasteiger partial charge in [0.1, 0.15) is 6.54 Å². The molecule has 0 radical (unpaired) electrons. The Morgan fingerprint density at radius 3 is 2.30 bits per heavy atom. The van der Waals surface area contributed by atoms with Gasteiger partial charge >= 0.3 is 0 Å². The first kappa shape index (κ1) is 16.8. The molecule has 23 heavy (non-hydrogen) atoms. The minimum absolute atomic E-state index is 0.0161. The fourth-order valence-corrected chi connectivity index (χ4v) is 2.76. The normalized spacial score (nSPS) is 18.3. The third-order valence-corrected chi connectivity index (χ3v) is 4.02. The summed E-state index contributed by atoms with van der Waals surface area (Å²) in [5, 5.41) is 18.9. The molecule has 1 atom stereocenters. The van der Waals surface area contributed by atoms with Gasteiger partial charge in [-0.1, -0.05) is 45.0 Å². The summed E-state index contributed by atoms with van der Waals surface area (Å²) in [6.45, 7) is 7.40. The smallest absolute Gasteiger partial charge is 0.290 e. The van der Waals surface area contributed by atoms with Crippen molar-refractivity contribution in [1.82, 2.24) is 4.90 Å². The van der Waals surface area contributed by atoms with E-state index in [0.29, 0.717) is 5.56 Å². The Morgan fingerprint density at radius 1 is 1.30 bits per heavy atom. The topological polar surface area (TPSA) is 81.4 Å². The summed E-state index contributed by atoms with van der Waals surface area (Å²) < 4.78 is 0. The first-order valence-electron chi connectivity index (χ1n) is 7.41. The maximum absolute atomic E-state index is 12.1. The largest absolute Gasteiger partial charge is 0.503 e. The molecule has 1 amide bonds. The second kappa shape index (κ2) is 5.88. The Morgan fingerprint density at radius 2 is 1.87 bits per heavy atom. The van der Waals surface area contributed by atoms with E-state index >= 15 is 0 Å². The monoisotopic (exact) mass is 312 g/mol. The highest BCUT2D eigenvalue weighted by Gasteiger charge is 2.42. The summed E-state index contributed by atoms with van der Waals surface area (Å²) in [4.78, 5) is 25.2. The van der Waals surface area contributed by atoms with Crippen molar-refractivity contribution in [3.05, 3.63) is 46.7 Å². The number of benzene rings is 1. The number of Topliss-reactive ketones (excluding diaryl/α,β-unsaturated/α-hetero) is 1. The summed E-state index contributed by atoms with van der Waals surface area (Å²) in [5.41, 5.74) is 1.86. The van der Waals surface area contributed by atoms with E-state index in [4.69, 9.17) is 5.26 Å². The molecule has 1 aromatic rings. The van der Waals surface area contributed by atoms with E-state index in [9.17, 15) is 14.7 Å². The highest BCUT2D eigenvalue weighted by atomic mass is 16.3. The van der Waals surface area contributed by atoms with Crippen LogP contribution in [0.3, 0.4) is 0 Å². The minimum atomic E-state index is -0.714. The third kappa shape index (κ3) is 2.98. The molecule has 0 saturated heterocycles. The molecule has 0 aliphatic carbocycles. The molecule has 1 heterocycles. The first-order chi connectivity index (χ1) is 10.7. The first-order valence-corrected chi connectivity index (χ1v) is 7.41. The molecule has 1 N–H and O–H groups in total. The average molecular weight is 312 g/mol. The van der Waals surface area contributed by atoms with E-state index in [1.807, 2.05) is 30.3 Å². The van der Waals surface area contributed by atoms with Gasteiger partial charge in [-0.05, 0) is 23.5 Å². The van der Waals surface area contributed by atoms with E-state index in [0.717, 1.165) is 5.56 Å². The molecular formula is C18H20N2O3. The second-order valence-corrected chi connectivity index (χ2v) is 6.68. The summed E-state index contributed by atoms with van der Waals surface area (Å²) >= 11 is 0. The molecule has 1 unspecified atom stereocenters. The number of amides is 1. The quantitative estimate of drug-likeness (QED) is 0.870. The molecule has 0 saturated carbocycles. The minimum Gasteiger partial charge on any atom is -0.503 e.